The minimum atomic E-state index is -0.496. The number of rotatable bonds is 7. The van der Waals surface area contributed by atoms with Crippen molar-refractivity contribution in [2.24, 2.45) is 16.6 Å². The zero-order valence-electron chi connectivity index (χ0n) is 19.9. The number of halogens is 1. The molecule has 0 saturated heterocycles. The Hall–Kier alpha value is -4.44. The number of amidine groups is 1. The van der Waals surface area contributed by atoms with Gasteiger partial charge in [-0.2, -0.15) is 9.50 Å². The van der Waals surface area contributed by atoms with E-state index in [1.54, 1.807) is 31.3 Å². The number of ether oxygens (including phenoxy) is 1. The molecule has 11 heteroatoms. The molecule has 0 radical (unpaired) electrons. The van der Waals surface area contributed by atoms with E-state index in [0.717, 1.165) is 18.4 Å². The van der Waals surface area contributed by atoms with Crippen molar-refractivity contribution in [2.45, 2.75) is 19.4 Å². The fourth-order valence-corrected chi connectivity index (χ4v) is 4.00. The Morgan fingerprint density at radius 1 is 1.24 bits per heavy atom. The van der Waals surface area contributed by atoms with Gasteiger partial charge in [0.1, 0.15) is 23.8 Å². The van der Waals surface area contributed by atoms with Gasteiger partial charge in [-0.15, -0.1) is 0 Å². The third kappa shape index (κ3) is 5.39. The van der Waals surface area contributed by atoms with Crippen LogP contribution in [0.25, 0.3) is 17.2 Å². The van der Waals surface area contributed by atoms with Crippen molar-refractivity contribution in [1.82, 2.24) is 24.9 Å². The van der Waals surface area contributed by atoms with Crippen LogP contribution in [0.5, 0.6) is 5.75 Å². The molecule has 0 bridgehead atoms. The second-order valence-corrected chi connectivity index (χ2v) is 8.95. The molecule has 4 N–H and O–H groups in total. The number of nitrogens with zero attached hydrogens (tertiary/aromatic N) is 4. The Kier molecular flexibility index (Phi) is 6.74. The van der Waals surface area contributed by atoms with Crippen molar-refractivity contribution in [3.05, 3.63) is 93.0 Å². The van der Waals surface area contributed by atoms with Crippen molar-refractivity contribution in [1.29, 1.82) is 0 Å². The smallest absolute Gasteiger partial charge is 0.274 e. The molecule has 0 spiro atoms. The molecule has 2 heterocycles. The quantitative estimate of drug-likeness (QED) is 0.254. The Morgan fingerprint density at radius 3 is 2.76 bits per heavy atom. The molecule has 0 aliphatic heterocycles. The van der Waals surface area contributed by atoms with Crippen LogP contribution in [0.1, 0.15) is 28.9 Å². The van der Waals surface area contributed by atoms with Gasteiger partial charge in [-0.3, -0.25) is 19.7 Å². The number of carbonyl (C=O) groups is 1. The van der Waals surface area contributed by atoms with Gasteiger partial charge in [0.15, 0.2) is 5.82 Å². The number of hydrogen-bond donors (Lipinski definition) is 3. The first-order chi connectivity index (χ1) is 17.9. The molecular weight excluding hydrogens is 494 g/mol. The summed E-state index contributed by atoms with van der Waals surface area (Å²) in [6.45, 7) is -0.0802. The van der Waals surface area contributed by atoms with Crippen molar-refractivity contribution < 1.29 is 9.53 Å². The van der Waals surface area contributed by atoms with Gasteiger partial charge >= 0.3 is 0 Å². The number of H-pyrrole nitrogens is 1. The summed E-state index contributed by atoms with van der Waals surface area (Å²) in [6.07, 6.45) is 3.73. The zero-order valence-corrected chi connectivity index (χ0v) is 20.7. The molecule has 37 heavy (non-hydrogen) atoms. The van der Waals surface area contributed by atoms with Gasteiger partial charge in [0.2, 0.25) is 0 Å². The number of hydrogen-bond acceptors (Lipinski definition) is 7. The molecule has 1 saturated carbocycles. The SMILES string of the molecule is CN=C(C=C(N)C1CC1)NC(=O)c1c(Cl)cccc1OCc1cc(=O)n2[nH]c(-c3ccccc3)nc2n1. The molecule has 2 aromatic heterocycles. The minimum Gasteiger partial charge on any atom is -0.486 e. The average Bonchev–Trinajstić information content (AvgIpc) is 3.66. The van der Waals surface area contributed by atoms with Crippen molar-refractivity contribution >= 4 is 29.1 Å². The van der Waals surface area contributed by atoms with Gasteiger partial charge < -0.3 is 15.8 Å². The van der Waals surface area contributed by atoms with Crippen molar-refractivity contribution in [3.8, 4) is 17.1 Å². The van der Waals surface area contributed by atoms with E-state index in [1.165, 1.54) is 10.6 Å². The highest BCUT2D eigenvalue weighted by Gasteiger charge is 2.25. The predicted molar refractivity (Wildman–Crippen MR) is 141 cm³/mol. The minimum absolute atomic E-state index is 0.0802. The number of nitrogens with two attached hydrogens (primary N) is 1. The molecule has 0 unspecified atom stereocenters. The van der Waals surface area contributed by atoms with Gasteiger partial charge in [0, 0.05) is 24.4 Å². The lowest BCUT2D eigenvalue weighted by Gasteiger charge is -2.13. The van der Waals surface area contributed by atoms with Crippen LogP contribution < -0.4 is 21.3 Å². The van der Waals surface area contributed by atoms with Crippen LogP contribution in [-0.2, 0) is 6.61 Å². The Bertz CT molecular complexity index is 1590. The van der Waals surface area contributed by atoms with Crippen LogP contribution in [0.2, 0.25) is 5.02 Å². The first kappa shape index (κ1) is 24.3. The standard InChI is InChI=1S/C26H24ClN7O3/c1-29-21(13-19(28)15-10-11-15)31-25(36)23-18(27)8-5-9-20(23)37-14-17-12-22(35)34-26(30-17)32-24(33-34)16-6-3-2-4-7-16/h2-9,12-13,15H,10-11,14,28H2,1H3,(H,29,31,36)(H,30,32,33). The molecule has 2 aromatic carbocycles. The van der Waals surface area contributed by atoms with Crippen molar-refractivity contribution in [3.63, 3.8) is 0 Å². The number of nitrogens with one attached hydrogen (secondary N) is 2. The van der Waals surface area contributed by atoms with E-state index >= 15 is 0 Å². The van der Waals surface area contributed by atoms with Gasteiger partial charge in [0.25, 0.3) is 17.2 Å². The molecule has 1 aliphatic rings. The average molecular weight is 518 g/mol. The Morgan fingerprint density at radius 2 is 2.03 bits per heavy atom. The summed E-state index contributed by atoms with van der Waals surface area (Å²) in [5.74, 6) is 1.12. The highest BCUT2D eigenvalue weighted by atomic mass is 35.5. The number of aromatic amines is 1. The lowest BCUT2D eigenvalue weighted by molar-refractivity contribution is 0.0973. The molecule has 0 atom stereocenters. The highest BCUT2D eigenvalue weighted by molar-refractivity contribution is 6.34. The van der Waals surface area contributed by atoms with Crippen LogP contribution in [0.4, 0.5) is 0 Å². The van der Waals surface area contributed by atoms with Gasteiger partial charge in [-0.1, -0.05) is 48.0 Å². The molecule has 10 nitrogen and oxygen atoms in total. The molecule has 188 valence electrons. The first-order valence-electron chi connectivity index (χ1n) is 11.6. The zero-order chi connectivity index (χ0) is 25.9. The lowest BCUT2D eigenvalue weighted by Crippen LogP contribution is -2.30. The number of amides is 1. The van der Waals surface area contributed by atoms with E-state index in [-0.39, 0.29) is 34.3 Å². The fraction of sp³-hybridized carbons (Fsp3) is 0.192. The number of benzene rings is 2. The van der Waals surface area contributed by atoms with E-state index < -0.39 is 5.91 Å². The first-order valence-corrected chi connectivity index (χ1v) is 12.0. The predicted octanol–water partition coefficient (Wildman–Crippen LogP) is 3.33. The van der Waals surface area contributed by atoms with E-state index in [1.807, 2.05) is 30.3 Å². The molecule has 1 fully saturated rings. The summed E-state index contributed by atoms with van der Waals surface area (Å²) in [4.78, 5) is 38.7. The van der Waals surface area contributed by atoms with Gasteiger partial charge in [0.05, 0.1) is 10.7 Å². The van der Waals surface area contributed by atoms with Gasteiger partial charge in [-0.05, 0) is 37.0 Å². The Balaban J connectivity index is 1.36. The summed E-state index contributed by atoms with van der Waals surface area (Å²) >= 11 is 6.36. The largest absolute Gasteiger partial charge is 0.486 e. The van der Waals surface area contributed by atoms with Crippen LogP contribution in [0.15, 0.2) is 76.2 Å². The number of fused-ring (bicyclic) bond motifs is 1. The summed E-state index contributed by atoms with van der Waals surface area (Å²) in [7, 11) is 1.56. The fourth-order valence-electron chi connectivity index (χ4n) is 3.75. The maximum atomic E-state index is 13.1. The van der Waals surface area contributed by atoms with E-state index in [0.29, 0.717) is 29.0 Å². The molecular formula is C26H24ClN7O3. The number of aliphatic imine (C=N–C) groups is 1. The summed E-state index contributed by atoms with van der Waals surface area (Å²) in [6, 6.07) is 15.6. The normalized spacial score (nSPS) is 14.1. The maximum absolute atomic E-state index is 13.1. The van der Waals surface area contributed by atoms with E-state index in [2.05, 4.69) is 25.4 Å². The summed E-state index contributed by atoms with van der Waals surface area (Å²) in [5.41, 5.74) is 7.70. The number of carbonyl (C=O) groups excluding carboxylic acids is 1. The van der Waals surface area contributed by atoms with Crippen LogP contribution in [0.3, 0.4) is 0 Å². The van der Waals surface area contributed by atoms with Gasteiger partial charge in [-0.25, -0.2) is 4.98 Å². The number of aromatic nitrogens is 4. The van der Waals surface area contributed by atoms with E-state index in [4.69, 9.17) is 22.1 Å². The van der Waals surface area contributed by atoms with Crippen molar-refractivity contribution in [2.75, 3.05) is 7.05 Å². The third-order valence-corrected chi connectivity index (χ3v) is 6.16. The lowest BCUT2D eigenvalue weighted by atomic mass is 10.1. The monoisotopic (exact) mass is 517 g/mol. The van der Waals surface area contributed by atoms with Crippen LogP contribution in [0, 0.1) is 5.92 Å². The second kappa shape index (κ2) is 10.3. The molecule has 4 aromatic rings. The van der Waals surface area contributed by atoms with Crippen LogP contribution >= 0.6 is 11.6 Å². The number of allylic oxidation sites excluding steroid dienone is 1. The summed E-state index contributed by atoms with van der Waals surface area (Å²) in [5, 5.41) is 5.89. The summed E-state index contributed by atoms with van der Waals surface area (Å²) < 4.78 is 7.15. The molecule has 1 aliphatic carbocycles. The molecule has 1 amide bonds. The highest BCUT2D eigenvalue weighted by Crippen LogP contribution is 2.33. The topological polar surface area (TPSA) is 140 Å². The second-order valence-electron chi connectivity index (χ2n) is 8.54. The third-order valence-electron chi connectivity index (χ3n) is 5.84. The molecule has 5 rings (SSSR count). The maximum Gasteiger partial charge on any atom is 0.274 e. The Labute approximate surface area is 216 Å². The van der Waals surface area contributed by atoms with Crippen LogP contribution in [-0.4, -0.2) is 38.4 Å². The van der Waals surface area contributed by atoms with E-state index in [9.17, 15) is 9.59 Å².